The third kappa shape index (κ3) is 3.51. The minimum Gasteiger partial charge on any atom is -0.368 e. The molecule has 0 saturated carbocycles. The normalized spacial score (nSPS) is 11.1. The summed E-state index contributed by atoms with van der Waals surface area (Å²) in [4.78, 5) is 25.2. The Bertz CT molecular complexity index is 953. The summed E-state index contributed by atoms with van der Waals surface area (Å²) >= 11 is 0. The summed E-state index contributed by atoms with van der Waals surface area (Å²) in [6, 6.07) is 5.82. The number of imidazole rings is 1. The maximum atomic E-state index is 12.3. The highest BCUT2D eigenvalue weighted by Crippen LogP contribution is 2.21. The molecule has 2 heterocycles. The van der Waals surface area contributed by atoms with Crippen LogP contribution < -0.4 is 11.1 Å². The maximum absolute atomic E-state index is 12.3. The smallest absolute Gasteiger partial charge is 0.224 e. The molecular formula is C19H24N6O. The van der Waals surface area contributed by atoms with Crippen molar-refractivity contribution in [1.82, 2.24) is 19.5 Å². The predicted octanol–water partition coefficient (Wildman–Crippen LogP) is 2.92. The molecule has 3 N–H and O–H groups in total. The molecule has 0 spiro atoms. The lowest BCUT2D eigenvalue weighted by Crippen LogP contribution is -2.14. The molecule has 0 aliphatic rings. The fourth-order valence-corrected chi connectivity index (χ4v) is 3.32. The van der Waals surface area contributed by atoms with Crippen molar-refractivity contribution in [2.24, 2.45) is 0 Å². The number of nitrogens with zero attached hydrogens (tertiary/aromatic N) is 4. The molecule has 0 aliphatic carbocycles. The van der Waals surface area contributed by atoms with Crippen molar-refractivity contribution in [2.75, 3.05) is 11.1 Å². The molecule has 7 nitrogen and oxygen atoms in total. The van der Waals surface area contributed by atoms with Gasteiger partial charge in [-0.3, -0.25) is 4.79 Å². The molecule has 1 amide bonds. The van der Waals surface area contributed by atoms with Gasteiger partial charge in [-0.25, -0.2) is 15.0 Å². The summed E-state index contributed by atoms with van der Waals surface area (Å²) < 4.78 is 2.15. The topological polar surface area (TPSA) is 98.7 Å². The van der Waals surface area contributed by atoms with E-state index in [0.29, 0.717) is 12.8 Å². The number of nitrogens with one attached hydrogen (secondary N) is 1. The first kappa shape index (κ1) is 17.8. The second-order valence-corrected chi connectivity index (χ2v) is 6.39. The van der Waals surface area contributed by atoms with E-state index in [1.165, 1.54) is 0 Å². The van der Waals surface area contributed by atoms with Gasteiger partial charge in [0.15, 0.2) is 0 Å². The van der Waals surface area contributed by atoms with Crippen molar-refractivity contribution >= 4 is 28.6 Å². The van der Waals surface area contributed by atoms with E-state index in [0.717, 1.165) is 46.0 Å². The fraction of sp³-hybridized carbons (Fsp3) is 0.368. The third-order valence-electron chi connectivity index (χ3n) is 4.58. The Balaban J connectivity index is 1.70. The first-order valence-corrected chi connectivity index (χ1v) is 8.75. The molecule has 136 valence electrons. The summed E-state index contributed by atoms with van der Waals surface area (Å²) in [6.07, 6.45) is 0.936. The van der Waals surface area contributed by atoms with Crippen LogP contribution >= 0.6 is 0 Å². The number of amides is 1. The number of carbonyl (C=O) groups excluding carboxylic acids is 1. The summed E-state index contributed by atoms with van der Waals surface area (Å²) in [7, 11) is 0. The van der Waals surface area contributed by atoms with Crippen LogP contribution in [0.4, 0.5) is 11.6 Å². The van der Waals surface area contributed by atoms with Crippen LogP contribution in [0, 0.1) is 20.8 Å². The molecule has 7 heteroatoms. The van der Waals surface area contributed by atoms with Crippen LogP contribution in [-0.4, -0.2) is 25.4 Å². The predicted molar refractivity (Wildman–Crippen MR) is 103 cm³/mol. The number of carbonyl (C=O) groups is 1. The number of anilines is 2. The van der Waals surface area contributed by atoms with E-state index < -0.39 is 0 Å². The van der Waals surface area contributed by atoms with Crippen LogP contribution in [0.25, 0.3) is 11.0 Å². The molecule has 0 fully saturated rings. The van der Waals surface area contributed by atoms with Gasteiger partial charge in [0.2, 0.25) is 11.9 Å². The molecular weight excluding hydrogens is 328 g/mol. The largest absolute Gasteiger partial charge is 0.368 e. The Morgan fingerprint density at radius 2 is 1.85 bits per heavy atom. The zero-order valence-corrected chi connectivity index (χ0v) is 15.6. The molecule has 2 aromatic heterocycles. The van der Waals surface area contributed by atoms with Gasteiger partial charge >= 0.3 is 0 Å². The third-order valence-corrected chi connectivity index (χ3v) is 4.58. The van der Waals surface area contributed by atoms with Crippen molar-refractivity contribution in [3.63, 3.8) is 0 Å². The minimum absolute atomic E-state index is 0.0494. The Morgan fingerprint density at radius 3 is 2.50 bits per heavy atom. The van der Waals surface area contributed by atoms with Crippen molar-refractivity contribution in [3.8, 4) is 0 Å². The fourth-order valence-electron chi connectivity index (χ4n) is 3.32. The quantitative estimate of drug-likeness (QED) is 0.735. The minimum atomic E-state index is -0.0494. The lowest BCUT2D eigenvalue weighted by Gasteiger charge is -2.10. The highest BCUT2D eigenvalue weighted by molar-refractivity contribution is 5.93. The second kappa shape index (κ2) is 7.11. The Hall–Kier alpha value is -2.96. The highest BCUT2D eigenvalue weighted by atomic mass is 16.1. The van der Waals surface area contributed by atoms with Crippen molar-refractivity contribution in [2.45, 2.75) is 47.1 Å². The van der Waals surface area contributed by atoms with Crippen molar-refractivity contribution in [3.05, 3.63) is 41.0 Å². The van der Waals surface area contributed by atoms with Gasteiger partial charge in [0.05, 0.1) is 11.0 Å². The summed E-state index contributed by atoms with van der Waals surface area (Å²) in [6.45, 7) is 8.73. The van der Waals surface area contributed by atoms with Crippen LogP contribution in [0.3, 0.4) is 0 Å². The van der Waals surface area contributed by atoms with Gasteiger partial charge in [-0.1, -0.05) is 0 Å². The zero-order valence-electron chi connectivity index (χ0n) is 15.6. The summed E-state index contributed by atoms with van der Waals surface area (Å²) in [5.74, 6) is 1.19. The average Bonchev–Trinajstić information content (AvgIpc) is 2.88. The number of rotatable bonds is 5. The number of hydrogen-bond acceptors (Lipinski definition) is 5. The molecule has 0 aliphatic heterocycles. The van der Waals surface area contributed by atoms with E-state index in [1.54, 1.807) is 0 Å². The van der Waals surface area contributed by atoms with Crippen LogP contribution in [0.1, 0.15) is 36.1 Å². The summed E-state index contributed by atoms with van der Waals surface area (Å²) in [5.41, 5.74) is 11.0. The number of aromatic nitrogens is 4. The van der Waals surface area contributed by atoms with Gasteiger partial charge in [0, 0.05) is 30.0 Å². The molecule has 0 saturated heterocycles. The molecule has 0 bridgehead atoms. The van der Waals surface area contributed by atoms with Crippen molar-refractivity contribution < 1.29 is 4.79 Å². The number of nitrogen functional groups attached to an aromatic ring is 1. The lowest BCUT2D eigenvalue weighted by molar-refractivity contribution is -0.116. The van der Waals surface area contributed by atoms with Crippen LogP contribution in [0.2, 0.25) is 0 Å². The standard InChI is InChI=1S/C19H24N6O/c1-5-25-13(4)23-16-10-14(6-8-17(16)25)24-18(26)9-7-15-11(2)21-19(20)22-12(15)3/h6,8,10H,5,7,9H2,1-4H3,(H,24,26)(H2,20,21,22). The number of fused-ring (bicyclic) bond motifs is 1. The first-order chi connectivity index (χ1) is 12.4. The van der Waals surface area contributed by atoms with Gasteiger partial charge in [-0.15, -0.1) is 0 Å². The molecule has 0 atom stereocenters. The molecule has 3 rings (SSSR count). The average molecular weight is 352 g/mol. The van der Waals surface area contributed by atoms with Crippen LogP contribution in [0.15, 0.2) is 18.2 Å². The molecule has 0 radical (unpaired) electrons. The SMILES string of the molecule is CCn1c(C)nc2cc(NC(=O)CCc3c(C)nc(N)nc3C)ccc21. The van der Waals surface area contributed by atoms with Crippen LogP contribution in [0.5, 0.6) is 0 Å². The molecule has 0 unspecified atom stereocenters. The Kier molecular flexibility index (Phi) is 4.88. The van der Waals surface area contributed by atoms with Gasteiger partial charge < -0.3 is 15.6 Å². The van der Waals surface area contributed by atoms with E-state index in [9.17, 15) is 4.79 Å². The number of aryl methyl sites for hydroxylation is 4. The lowest BCUT2D eigenvalue weighted by atomic mass is 10.1. The Labute approximate surface area is 152 Å². The number of hydrogen-bond donors (Lipinski definition) is 2. The second-order valence-electron chi connectivity index (χ2n) is 6.39. The van der Waals surface area contributed by atoms with E-state index in [4.69, 9.17) is 5.73 Å². The molecule has 3 aromatic rings. The van der Waals surface area contributed by atoms with Crippen molar-refractivity contribution in [1.29, 1.82) is 0 Å². The van der Waals surface area contributed by atoms with Gasteiger partial charge in [0.1, 0.15) is 5.82 Å². The van der Waals surface area contributed by atoms with Gasteiger partial charge in [-0.2, -0.15) is 0 Å². The van der Waals surface area contributed by atoms with Gasteiger partial charge in [-0.05, 0) is 57.9 Å². The number of benzene rings is 1. The highest BCUT2D eigenvalue weighted by Gasteiger charge is 2.11. The Morgan fingerprint density at radius 1 is 1.15 bits per heavy atom. The van der Waals surface area contributed by atoms with Gasteiger partial charge in [0.25, 0.3) is 0 Å². The number of nitrogens with two attached hydrogens (primary N) is 1. The van der Waals surface area contributed by atoms with E-state index in [1.807, 2.05) is 39.0 Å². The van der Waals surface area contributed by atoms with E-state index >= 15 is 0 Å². The molecule has 1 aromatic carbocycles. The monoisotopic (exact) mass is 352 g/mol. The molecule has 26 heavy (non-hydrogen) atoms. The van der Waals surface area contributed by atoms with Crippen LogP contribution in [-0.2, 0) is 17.8 Å². The summed E-state index contributed by atoms with van der Waals surface area (Å²) in [5, 5.41) is 2.95. The zero-order chi connectivity index (χ0) is 18.8. The first-order valence-electron chi connectivity index (χ1n) is 8.75. The van der Waals surface area contributed by atoms with E-state index in [-0.39, 0.29) is 11.9 Å². The van der Waals surface area contributed by atoms with E-state index in [2.05, 4.69) is 31.8 Å². The maximum Gasteiger partial charge on any atom is 0.224 e.